The number of rotatable bonds is 3. The lowest BCUT2D eigenvalue weighted by atomic mass is 10.0. The average molecular weight is 242 g/mol. The molecule has 0 saturated carbocycles. The zero-order valence-electron chi connectivity index (χ0n) is 11.0. The number of aliphatic hydroxyl groups is 1. The summed E-state index contributed by atoms with van der Waals surface area (Å²) in [6.45, 7) is 1.93. The van der Waals surface area contributed by atoms with Gasteiger partial charge in [0.15, 0.2) is 0 Å². The van der Waals surface area contributed by atoms with Crippen LogP contribution in [0, 0.1) is 6.92 Å². The molecule has 0 aliphatic heterocycles. The van der Waals surface area contributed by atoms with Crippen molar-refractivity contribution < 1.29 is 5.11 Å². The topological polar surface area (TPSA) is 36.4 Å². The minimum Gasteiger partial charge on any atom is -0.384 e. The molecule has 18 heavy (non-hydrogen) atoms. The van der Waals surface area contributed by atoms with E-state index < -0.39 is 6.10 Å². The van der Waals surface area contributed by atoms with Gasteiger partial charge in [0.2, 0.25) is 0 Å². The number of benzene rings is 1. The fourth-order valence-corrected chi connectivity index (χ4v) is 1.91. The molecule has 0 fully saturated rings. The summed E-state index contributed by atoms with van der Waals surface area (Å²) in [4.78, 5) is 6.44. The number of nitrogens with zero attached hydrogens (tertiary/aromatic N) is 2. The van der Waals surface area contributed by atoms with Crippen LogP contribution >= 0.6 is 0 Å². The Morgan fingerprint density at radius 3 is 2.28 bits per heavy atom. The van der Waals surface area contributed by atoms with E-state index in [1.165, 1.54) is 0 Å². The lowest BCUT2D eigenvalue weighted by molar-refractivity contribution is 0.219. The van der Waals surface area contributed by atoms with Crippen molar-refractivity contribution in [3.05, 3.63) is 59.3 Å². The van der Waals surface area contributed by atoms with Crippen LogP contribution in [0.4, 0.5) is 5.82 Å². The van der Waals surface area contributed by atoms with Crippen LogP contribution in [-0.4, -0.2) is 24.2 Å². The molecule has 2 rings (SSSR count). The molecule has 0 spiro atoms. The lowest BCUT2D eigenvalue weighted by Crippen LogP contribution is -2.12. The van der Waals surface area contributed by atoms with Crippen molar-refractivity contribution in [3.8, 4) is 0 Å². The predicted octanol–water partition coefficient (Wildman–Crippen LogP) is 2.54. The van der Waals surface area contributed by atoms with Crippen LogP contribution < -0.4 is 4.90 Å². The Morgan fingerprint density at radius 2 is 1.72 bits per heavy atom. The van der Waals surface area contributed by atoms with Gasteiger partial charge >= 0.3 is 0 Å². The van der Waals surface area contributed by atoms with E-state index in [0.29, 0.717) is 0 Å². The van der Waals surface area contributed by atoms with Crippen molar-refractivity contribution in [2.24, 2.45) is 0 Å². The molecule has 1 atom stereocenters. The second-order valence-corrected chi connectivity index (χ2v) is 4.55. The number of anilines is 1. The number of aryl methyl sites for hydroxylation is 1. The monoisotopic (exact) mass is 242 g/mol. The van der Waals surface area contributed by atoms with Crippen molar-refractivity contribution in [1.29, 1.82) is 0 Å². The van der Waals surface area contributed by atoms with Gasteiger partial charge in [-0.05, 0) is 18.6 Å². The number of hydrogen-bond donors (Lipinski definition) is 1. The third-order valence-electron chi connectivity index (χ3n) is 2.98. The van der Waals surface area contributed by atoms with Gasteiger partial charge in [-0.15, -0.1) is 0 Å². The molecule has 1 aromatic carbocycles. The Hall–Kier alpha value is -1.87. The van der Waals surface area contributed by atoms with E-state index in [-0.39, 0.29) is 0 Å². The maximum Gasteiger partial charge on any atom is 0.128 e. The highest BCUT2D eigenvalue weighted by Crippen LogP contribution is 2.25. The van der Waals surface area contributed by atoms with Crippen molar-refractivity contribution in [1.82, 2.24) is 4.98 Å². The zero-order valence-corrected chi connectivity index (χ0v) is 11.0. The highest BCUT2D eigenvalue weighted by molar-refractivity contribution is 5.42. The van der Waals surface area contributed by atoms with E-state index in [4.69, 9.17) is 0 Å². The molecule has 3 nitrogen and oxygen atoms in total. The smallest absolute Gasteiger partial charge is 0.128 e. The Bertz CT molecular complexity index is 523. The normalized spacial score (nSPS) is 12.2. The molecule has 2 aromatic rings. The second-order valence-electron chi connectivity index (χ2n) is 4.55. The molecule has 0 bridgehead atoms. The standard InChI is InChI=1S/C15H18N2O/c1-11-13(9-10-14(16-11)17(2)3)15(18)12-7-5-4-6-8-12/h4-10,15,18H,1-3H3/t15-/m0/s1. The first-order valence-corrected chi connectivity index (χ1v) is 5.97. The molecule has 0 amide bonds. The SMILES string of the molecule is Cc1nc(N(C)C)ccc1[C@@H](O)c1ccccc1. The highest BCUT2D eigenvalue weighted by atomic mass is 16.3. The zero-order chi connectivity index (χ0) is 13.1. The van der Waals surface area contributed by atoms with E-state index in [9.17, 15) is 5.11 Å². The van der Waals surface area contributed by atoms with E-state index in [1.54, 1.807) is 0 Å². The van der Waals surface area contributed by atoms with Gasteiger partial charge in [-0.2, -0.15) is 0 Å². The number of hydrogen-bond acceptors (Lipinski definition) is 3. The van der Waals surface area contributed by atoms with E-state index in [0.717, 1.165) is 22.6 Å². The summed E-state index contributed by atoms with van der Waals surface area (Å²) in [7, 11) is 3.91. The third-order valence-corrected chi connectivity index (χ3v) is 2.98. The van der Waals surface area contributed by atoms with Gasteiger partial charge in [0.25, 0.3) is 0 Å². The Kier molecular flexibility index (Phi) is 3.63. The summed E-state index contributed by atoms with van der Waals surface area (Å²) in [6, 6.07) is 13.5. The first-order valence-electron chi connectivity index (χ1n) is 5.97. The van der Waals surface area contributed by atoms with Crippen molar-refractivity contribution >= 4 is 5.82 Å². The second kappa shape index (κ2) is 5.19. The fraction of sp³-hybridized carbons (Fsp3) is 0.267. The maximum atomic E-state index is 10.3. The van der Waals surface area contributed by atoms with Gasteiger partial charge in [-0.25, -0.2) is 4.98 Å². The minimum atomic E-state index is -0.616. The van der Waals surface area contributed by atoms with Crippen LogP contribution in [0.2, 0.25) is 0 Å². The van der Waals surface area contributed by atoms with Crippen molar-refractivity contribution in [3.63, 3.8) is 0 Å². The van der Waals surface area contributed by atoms with Crippen LogP contribution in [0.1, 0.15) is 22.9 Å². The van der Waals surface area contributed by atoms with E-state index in [1.807, 2.05) is 68.4 Å². The molecule has 1 heterocycles. The van der Waals surface area contributed by atoms with Gasteiger partial charge in [-0.3, -0.25) is 0 Å². The van der Waals surface area contributed by atoms with Gasteiger partial charge in [0.1, 0.15) is 11.9 Å². The van der Waals surface area contributed by atoms with E-state index >= 15 is 0 Å². The molecule has 0 aliphatic rings. The summed E-state index contributed by atoms with van der Waals surface area (Å²) >= 11 is 0. The van der Waals surface area contributed by atoms with E-state index in [2.05, 4.69) is 4.98 Å². The maximum absolute atomic E-state index is 10.3. The predicted molar refractivity (Wildman–Crippen MR) is 73.8 cm³/mol. The first-order chi connectivity index (χ1) is 8.59. The van der Waals surface area contributed by atoms with Crippen LogP contribution in [-0.2, 0) is 0 Å². The number of pyridine rings is 1. The molecule has 3 heteroatoms. The molecule has 0 radical (unpaired) electrons. The Balaban J connectivity index is 2.34. The molecular weight excluding hydrogens is 224 g/mol. The van der Waals surface area contributed by atoms with Crippen LogP contribution in [0.25, 0.3) is 0 Å². The molecular formula is C15H18N2O. The lowest BCUT2D eigenvalue weighted by Gasteiger charge is -2.17. The third kappa shape index (κ3) is 2.51. The van der Waals surface area contributed by atoms with Crippen molar-refractivity contribution in [2.75, 3.05) is 19.0 Å². The minimum absolute atomic E-state index is 0.616. The summed E-state index contributed by atoms with van der Waals surface area (Å²) < 4.78 is 0. The average Bonchev–Trinajstić information content (AvgIpc) is 2.38. The summed E-state index contributed by atoms with van der Waals surface area (Å²) in [5.74, 6) is 0.900. The van der Waals surface area contributed by atoms with Crippen LogP contribution in [0.15, 0.2) is 42.5 Å². The van der Waals surface area contributed by atoms with Gasteiger partial charge in [0, 0.05) is 25.4 Å². The van der Waals surface area contributed by atoms with Gasteiger partial charge in [-0.1, -0.05) is 36.4 Å². The summed E-state index contributed by atoms with van der Waals surface area (Å²) in [5.41, 5.74) is 2.60. The highest BCUT2D eigenvalue weighted by Gasteiger charge is 2.14. The Labute approximate surface area is 108 Å². The molecule has 0 aliphatic carbocycles. The van der Waals surface area contributed by atoms with Crippen molar-refractivity contribution in [2.45, 2.75) is 13.0 Å². The van der Waals surface area contributed by atoms with Gasteiger partial charge in [0.05, 0.1) is 0 Å². The van der Waals surface area contributed by atoms with Gasteiger partial charge < -0.3 is 10.0 Å². The summed E-state index contributed by atoms with van der Waals surface area (Å²) in [6.07, 6.45) is -0.616. The molecule has 0 saturated heterocycles. The van der Waals surface area contributed by atoms with Crippen LogP contribution in [0.3, 0.4) is 0 Å². The number of aliphatic hydroxyl groups excluding tert-OH is 1. The molecule has 1 aromatic heterocycles. The van der Waals surface area contributed by atoms with Crippen LogP contribution in [0.5, 0.6) is 0 Å². The first kappa shape index (κ1) is 12.6. The largest absolute Gasteiger partial charge is 0.384 e. The molecule has 0 unspecified atom stereocenters. The summed E-state index contributed by atoms with van der Waals surface area (Å²) in [5, 5.41) is 10.3. The molecule has 94 valence electrons. The Morgan fingerprint density at radius 1 is 1.06 bits per heavy atom. The fourth-order valence-electron chi connectivity index (χ4n) is 1.91. The molecule has 1 N–H and O–H groups in total. The number of aromatic nitrogens is 1. The quantitative estimate of drug-likeness (QED) is 0.898.